The van der Waals surface area contributed by atoms with Gasteiger partial charge in [-0.05, 0) is 31.2 Å². The van der Waals surface area contributed by atoms with Crippen molar-refractivity contribution in [3.8, 4) is 0 Å². The number of hydrogen-bond acceptors (Lipinski definition) is 2. The summed E-state index contributed by atoms with van der Waals surface area (Å²) >= 11 is 0. The molecule has 0 aliphatic carbocycles. The summed E-state index contributed by atoms with van der Waals surface area (Å²) in [6.45, 7) is 2.98. The smallest absolute Gasteiger partial charge is 0.0392 e. The van der Waals surface area contributed by atoms with E-state index in [1.54, 1.807) is 0 Å². The molecule has 0 unspecified atom stereocenters. The molecule has 1 heterocycles. The number of rotatable bonds is 2. The van der Waals surface area contributed by atoms with Gasteiger partial charge in [0.05, 0.1) is 0 Å². The van der Waals surface area contributed by atoms with E-state index < -0.39 is 0 Å². The summed E-state index contributed by atoms with van der Waals surface area (Å²) in [5, 5.41) is 3.11. The molecule has 1 aliphatic heterocycles. The summed E-state index contributed by atoms with van der Waals surface area (Å²) in [5.41, 5.74) is 6.93. The molecule has 0 saturated heterocycles. The van der Waals surface area contributed by atoms with Crippen LogP contribution in [0.4, 0.5) is 0 Å². The Bertz CT molecular complexity index is 157. The summed E-state index contributed by atoms with van der Waals surface area (Å²) in [6, 6.07) is 0.279. The van der Waals surface area contributed by atoms with E-state index in [0.29, 0.717) is 0 Å². The summed E-state index contributed by atoms with van der Waals surface area (Å²) in [7, 11) is 0. The van der Waals surface area contributed by atoms with Gasteiger partial charge in [0.2, 0.25) is 0 Å². The van der Waals surface area contributed by atoms with Gasteiger partial charge >= 0.3 is 0 Å². The van der Waals surface area contributed by atoms with Crippen molar-refractivity contribution in [2.45, 2.75) is 19.4 Å². The molecule has 56 valence electrons. The molecule has 0 spiro atoms. The second-order valence-electron chi connectivity index (χ2n) is 2.71. The summed E-state index contributed by atoms with van der Waals surface area (Å²) in [6.07, 6.45) is 7.21. The normalized spacial score (nSPS) is 23.2. The molecule has 0 amide bonds. The van der Waals surface area contributed by atoms with Crippen molar-refractivity contribution in [2.24, 2.45) is 5.73 Å². The predicted molar refractivity (Wildman–Crippen MR) is 43.5 cm³/mol. The quantitative estimate of drug-likeness (QED) is 0.591. The highest BCUT2D eigenvalue weighted by Crippen LogP contribution is 2.03. The van der Waals surface area contributed by atoms with Crippen LogP contribution in [0, 0.1) is 0 Å². The minimum atomic E-state index is 0.279. The third-order valence-electron chi connectivity index (χ3n) is 1.47. The third kappa shape index (κ3) is 2.23. The van der Waals surface area contributed by atoms with E-state index in [9.17, 15) is 0 Å². The Morgan fingerprint density at radius 1 is 1.90 bits per heavy atom. The minimum absolute atomic E-state index is 0.279. The Balaban J connectivity index is 2.32. The first-order valence-electron chi connectivity index (χ1n) is 3.63. The van der Waals surface area contributed by atoms with E-state index in [0.717, 1.165) is 13.0 Å². The van der Waals surface area contributed by atoms with Gasteiger partial charge in [0, 0.05) is 12.6 Å². The van der Waals surface area contributed by atoms with E-state index in [1.165, 1.54) is 5.57 Å². The molecule has 1 atom stereocenters. The predicted octanol–water partition coefficient (Wildman–Crippen LogP) is 0.767. The molecule has 0 aromatic rings. The molecule has 10 heavy (non-hydrogen) atoms. The zero-order valence-corrected chi connectivity index (χ0v) is 6.30. The molecule has 2 nitrogen and oxygen atoms in total. The van der Waals surface area contributed by atoms with Gasteiger partial charge in [0.15, 0.2) is 0 Å². The lowest BCUT2D eigenvalue weighted by atomic mass is 10.2. The standard InChI is InChI=1S/C8H14N2/c1-7(9)2-3-8-4-5-10-6-8/h3-5,7,10H,2,6,9H2,1H3/b8-3-/t7-/m1/s1. The third-order valence-corrected chi connectivity index (χ3v) is 1.47. The largest absolute Gasteiger partial charge is 0.387 e. The van der Waals surface area contributed by atoms with Gasteiger partial charge in [0.25, 0.3) is 0 Å². The maximum Gasteiger partial charge on any atom is 0.0392 e. The second-order valence-corrected chi connectivity index (χ2v) is 2.71. The molecular weight excluding hydrogens is 124 g/mol. The Morgan fingerprint density at radius 3 is 3.20 bits per heavy atom. The van der Waals surface area contributed by atoms with E-state index in [1.807, 2.05) is 13.1 Å². The van der Waals surface area contributed by atoms with E-state index in [-0.39, 0.29) is 6.04 Å². The summed E-state index contributed by atoms with van der Waals surface area (Å²) < 4.78 is 0. The first-order chi connectivity index (χ1) is 4.79. The molecular formula is C8H14N2. The van der Waals surface area contributed by atoms with Crippen LogP contribution in [0.3, 0.4) is 0 Å². The molecule has 0 radical (unpaired) electrons. The first kappa shape index (κ1) is 7.35. The average Bonchev–Trinajstić information content (AvgIpc) is 2.34. The summed E-state index contributed by atoms with van der Waals surface area (Å²) in [4.78, 5) is 0. The summed E-state index contributed by atoms with van der Waals surface area (Å²) in [5.74, 6) is 0. The van der Waals surface area contributed by atoms with Crippen molar-refractivity contribution in [1.82, 2.24) is 5.32 Å². The fourth-order valence-corrected chi connectivity index (χ4v) is 0.879. The Labute approximate surface area is 61.8 Å². The van der Waals surface area contributed by atoms with Crippen LogP contribution in [-0.2, 0) is 0 Å². The van der Waals surface area contributed by atoms with Crippen molar-refractivity contribution >= 4 is 0 Å². The lowest BCUT2D eigenvalue weighted by molar-refractivity contribution is 0.753. The molecule has 0 saturated carbocycles. The average molecular weight is 138 g/mol. The molecule has 3 N–H and O–H groups in total. The molecule has 0 aromatic carbocycles. The fourth-order valence-electron chi connectivity index (χ4n) is 0.879. The topological polar surface area (TPSA) is 38.0 Å². The van der Waals surface area contributed by atoms with Gasteiger partial charge in [-0.1, -0.05) is 6.08 Å². The molecule has 0 fully saturated rings. The van der Waals surface area contributed by atoms with Crippen molar-refractivity contribution in [3.05, 3.63) is 23.9 Å². The molecule has 0 bridgehead atoms. The van der Waals surface area contributed by atoms with E-state index >= 15 is 0 Å². The lowest BCUT2D eigenvalue weighted by Gasteiger charge is -1.99. The van der Waals surface area contributed by atoms with Crippen LogP contribution < -0.4 is 11.1 Å². The number of hydrogen-bond donors (Lipinski definition) is 2. The van der Waals surface area contributed by atoms with Crippen LogP contribution >= 0.6 is 0 Å². The molecule has 0 aromatic heterocycles. The van der Waals surface area contributed by atoms with Crippen LogP contribution in [-0.4, -0.2) is 12.6 Å². The molecule has 1 rings (SSSR count). The SMILES string of the molecule is C[C@@H](N)C/C=C1/C=CNC1. The van der Waals surface area contributed by atoms with Gasteiger partial charge in [-0.15, -0.1) is 0 Å². The maximum absolute atomic E-state index is 5.58. The lowest BCUT2D eigenvalue weighted by Crippen LogP contribution is -2.13. The van der Waals surface area contributed by atoms with Gasteiger partial charge in [-0.3, -0.25) is 0 Å². The van der Waals surface area contributed by atoms with Gasteiger partial charge in [-0.25, -0.2) is 0 Å². The van der Waals surface area contributed by atoms with Crippen LogP contribution in [0.5, 0.6) is 0 Å². The Hall–Kier alpha value is -0.760. The van der Waals surface area contributed by atoms with Crippen LogP contribution in [0.25, 0.3) is 0 Å². The minimum Gasteiger partial charge on any atom is -0.387 e. The van der Waals surface area contributed by atoms with Gasteiger partial charge in [0.1, 0.15) is 0 Å². The maximum atomic E-state index is 5.58. The van der Waals surface area contributed by atoms with Crippen molar-refractivity contribution < 1.29 is 0 Å². The zero-order valence-electron chi connectivity index (χ0n) is 6.30. The van der Waals surface area contributed by atoms with Crippen molar-refractivity contribution in [3.63, 3.8) is 0 Å². The van der Waals surface area contributed by atoms with Crippen molar-refractivity contribution in [1.29, 1.82) is 0 Å². The second kappa shape index (κ2) is 3.42. The van der Waals surface area contributed by atoms with Crippen LogP contribution in [0.2, 0.25) is 0 Å². The number of nitrogens with one attached hydrogen (secondary N) is 1. The number of nitrogens with two attached hydrogens (primary N) is 1. The van der Waals surface area contributed by atoms with Gasteiger partial charge < -0.3 is 11.1 Å². The van der Waals surface area contributed by atoms with E-state index in [2.05, 4.69) is 17.5 Å². The Kier molecular flexibility index (Phi) is 2.51. The molecule has 1 aliphatic rings. The van der Waals surface area contributed by atoms with E-state index in [4.69, 9.17) is 5.73 Å². The highest BCUT2D eigenvalue weighted by atomic mass is 14.8. The van der Waals surface area contributed by atoms with Crippen LogP contribution in [0.1, 0.15) is 13.3 Å². The molecule has 2 heteroatoms. The van der Waals surface area contributed by atoms with Gasteiger partial charge in [-0.2, -0.15) is 0 Å². The zero-order chi connectivity index (χ0) is 7.40. The highest BCUT2D eigenvalue weighted by molar-refractivity contribution is 5.25. The first-order valence-corrected chi connectivity index (χ1v) is 3.63. The van der Waals surface area contributed by atoms with Crippen LogP contribution in [0.15, 0.2) is 23.9 Å². The fraction of sp³-hybridized carbons (Fsp3) is 0.500. The highest BCUT2D eigenvalue weighted by Gasteiger charge is 1.97. The monoisotopic (exact) mass is 138 g/mol. The Morgan fingerprint density at radius 2 is 2.70 bits per heavy atom. The van der Waals surface area contributed by atoms with Crippen molar-refractivity contribution in [2.75, 3.05) is 6.54 Å².